The fraction of sp³-hybridized carbons (Fsp3) is 0.864. The van der Waals surface area contributed by atoms with E-state index in [1.807, 2.05) is 4.90 Å². The maximum absolute atomic E-state index is 13.7. The normalized spacial score (nSPS) is 38.1. The fourth-order valence-electron chi connectivity index (χ4n) is 6.16. The van der Waals surface area contributed by atoms with Crippen LogP contribution in [0.15, 0.2) is 0 Å². The Morgan fingerprint density at radius 1 is 1.12 bits per heavy atom. The van der Waals surface area contributed by atoms with Gasteiger partial charge >= 0.3 is 0 Å². The van der Waals surface area contributed by atoms with Crippen LogP contribution in [0.4, 0.5) is 4.39 Å². The van der Waals surface area contributed by atoms with Gasteiger partial charge in [0.15, 0.2) is 0 Å². The summed E-state index contributed by atoms with van der Waals surface area (Å²) < 4.78 is 13.7. The van der Waals surface area contributed by atoms with Crippen molar-refractivity contribution in [1.29, 1.82) is 5.26 Å². The number of piperidine rings is 2. The average molecular weight is 478 g/mol. The Kier molecular flexibility index (Phi) is 7.02. The highest BCUT2D eigenvalue weighted by Crippen LogP contribution is 2.27. The fourth-order valence-corrected chi connectivity index (χ4v) is 6.16. The van der Waals surface area contributed by atoms with E-state index in [2.05, 4.69) is 32.3 Å². The number of nitriles is 1. The number of halogens is 1. The molecule has 6 N–H and O–H groups in total. The molecule has 34 heavy (non-hydrogen) atoms. The molecule has 0 aromatic carbocycles. The van der Waals surface area contributed by atoms with E-state index >= 15 is 0 Å². The van der Waals surface area contributed by atoms with Crippen LogP contribution >= 0.6 is 0 Å². The first-order chi connectivity index (χ1) is 16.4. The van der Waals surface area contributed by atoms with Gasteiger partial charge in [0.25, 0.3) is 0 Å². The molecular weight excluding hydrogens is 441 g/mol. The first-order valence-electron chi connectivity index (χ1n) is 12.5. The number of nitrogens with one attached hydrogen (secondary N) is 4. The van der Waals surface area contributed by atoms with Gasteiger partial charge in [-0.3, -0.25) is 19.8 Å². The summed E-state index contributed by atoms with van der Waals surface area (Å²) in [5.74, 6) is -0.432. The van der Waals surface area contributed by atoms with Crippen LogP contribution in [0.3, 0.4) is 0 Å². The second-order valence-corrected chi connectivity index (χ2v) is 10.3. The van der Waals surface area contributed by atoms with Gasteiger partial charge in [-0.15, -0.1) is 0 Å². The number of fused-ring (bicyclic) bond motifs is 1. The van der Waals surface area contributed by atoms with Crippen molar-refractivity contribution in [2.75, 3.05) is 52.4 Å². The quantitative estimate of drug-likeness (QED) is 0.297. The van der Waals surface area contributed by atoms with Crippen molar-refractivity contribution in [3.63, 3.8) is 0 Å². The maximum Gasteiger partial charge on any atom is 0.229 e. The molecule has 5 heterocycles. The third-order valence-corrected chi connectivity index (χ3v) is 8.12. The third kappa shape index (κ3) is 4.65. The Morgan fingerprint density at radius 3 is 2.62 bits per heavy atom. The molecule has 6 unspecified atom stereocenters. The molecule has 0 spiro atoms. The first kappa shape index (κ1) is 23.8. The van der Waals surface area contributed by atoms with E-state index in [4.69, 9.17) is 11.0 Å². The molecule has 11 nitrogen and oxygen atoms in total. The standard InChI is InChI=1S/C22H36FN9O2/c23-15-8-27-20-18(19(25)29-32(20)12-15)21(33)28-16-9-26-4-1-17(16)30-5-2-14(3-6-30)22(34)31-10-13(7-24)11-31/h13-20,26-27,29H,1-6,8-12,25H2,(H,28,33). The van der Waals surface area contributed by atoms with Gasteiger partial charge in [0.1, 0.15) is 6.17 Å². The zero-order valence-electron chi connectivity index (χ0n) is 19.5. The van der Waals surface area contributed by atoms with Crippen LogP contribution in [-0.2, 0) is 9.59 Å². The van der Waals surface area contributed by atoms with Gasteiger partial charge in [-0.25, -0.2) is 14.8 Å². The van der Waals surface area contributed by atoms with Crippen molar-refractivity contribution >= 4 is 11.8 Å². The Bertz CT molecular complexity index is 811. The molecule has 5 aliphatic heterocycles. The second kappa shape index (κ2) is 10.0. The molecule has 0 saturated carbocycles. The van der Waals surface area contributed by atoms with Crippen molar-refractivity contribution in [1.82, 2.24) is 36.2 Å². The predicted molar refractivity (Wildman–Crippen MR) is 121 cm³/mol. The van der Waals surface area contributed by atoms with Crippen molar-refractivity contribution in [2.45, 2.75) is 49.8 Å². The lowest BCUT2D eigenvalue weighted by Crippen LogP contribution is -2.64. The lowest BCUT2D eigenvalue weighted by Gasteiger charge is -2.45. The summed E-state index contributed by atoms with van der Waals surface area (Å²) in [6.45, 7) is 4.78. The van der Waals surface area contributed by atoms with Gasteiger partial charge < -0.3 is 21.3 Å². The molecule has 6 atom stereocenters. The number of hydrazine groups is 1. The highest BCUT2D eigenvalue weighted by molar-refractivity contribution is 5.81. The number of carbonyl (C=O) groups is 2. The molecule has 5 fully saturated rings. The van der Waals surface area contributed by atoms with E-state index in [9.17, 15) is 14.0 Å². The Morgan fingerprint density at radius 2 is 1.88 bits per heavy atom. The minimum absolute atomic E-state index is 0.0133. The molecule has 12 heteroatoms. The molecule has 5 aliphatic rings. The van der Waals surface area contributed by atoms with Crippen LogP contribution in [0, 0.1) is 29.1 Å². The molecule has 0 aliphatic carbocycles. The number of alkyl halides is 1. The van der Waals surface area contributed by atoms with Gasteiger partial charge in [-0.05, 0) is 38.9 Å². The molecule has 0 radical (unpaired) electrons. The minimum atomic E-state index is -0.992. The summed E-state index contributed by atoms with van der Waals surface area (Å²) in [5.41, 5.74) is 9.25. The van der Waals surface area contributed by atoms with Crippen molar-refractivity contribution in [3.05, 3.63) is 0 Å². The van der Waals surface area contributed by atoms with Gasteiger partial charge in [0, 0.05) is 44.7 Å². The largest absolute Gasteiger partial charge is 0.350 e. The van der Waals surface area contributed by atoms with Crippen LogP contribution in [-0.4, -0.2) is 110 Å². The SMILES string of the molecule is N#CC1CN(C(=O)C2CCN(C3CCNCC3NC(=O)C3C(N)NN4CC(F)CNC34)CC2)C1. The average Bonchev–Trinajstić information content (AvgIpc) is 3.13. The number of nitrogens with zero attached hydrogens (tertiary/aromatic N) is 4. The topological polar surface area (TPSA) is 142 Å². The van der Waals surface area contributed by atoms with Crippen molar-refractivity contribution < 1.29 is 14.0 Å². The monoisotopic (exact) mass is 477 g/mol. The van der Waals surface area contributed by atoms with E-state index in [-0.39, 0.29) is 55.0 Å². The van der Waals surface area contributed by atoms with E-state index in [0.29, 0.717) is 19.6 Å². The van der Waals surface area contributed by atoms with E-state index < -0.39 is 18.3 Å². The molecule has 5 saturated heterocycles. The molecule has 5 rings (SSSR count). The van der Waals surface area contributed by atoms with Gasteiger partial charge in [0.05, 0.1) is 36.3 Å². The highest BCUT2D eigenvalue weighted by Gasteiger charge is 2.48. The number of carbonyl (C=O) groups excluding carboxylic acids is 2. The number of hydrogen-bond acceptors (Lipinski definition) is 9. The van der Waals surface area contributed by atoms with E-state index in [1.165, 1.54) is 0 Å². The molecule has 188 valence electrons. The summed E-state index contributed by atoms with van der Waals surface area (Å²) in [4.78, 5) is 30.2. The Labute approximate surface area is 199 Å². The second-order valence-electron chi connectivity index (χ2n) is 10.3. The number of amides is 2. The minimum Gasteiger partial charge on any atom is -0.350 e. The number of nitrogens with two attached hydrogens (primary N) is 1. The van der Waals surface area contributed by atoms with Gasteiger partial charge in [-0.1, -0.05) is 0 Å². The summed E-state index contributed by atoms with van der Waals surface area (Å²) in [6.07, 6.45) is 0.655. The summed E-state index contributed by atoms with van der Waals surface area (Å²) in [7, 11) is 0. The summed E-state index contributed by atoms with van der Waals surface area (Å²) in [5, 5.41) is 20.4. The molecule has 2 amide bonds. The first-order valence-corrected chi connectivity index (χ1v) is 12.5. The van der Waals surface area contributed by atoms with Gasteiger partial charge in [-0.2, -0.15) is 5.26 Å². The van der Waals surface area contributed by atoms with Crippen LogP contribution < -0.4 is 27.1 Å². The Hall–Kier alpha value is -1.88. The van der Waals surface area contributed by atoms with Gasteiger partial charge in [0.2, 0.25) is 11.8 Å². The molecule has 0 bridgehead atoms. The van der Waals surface area contributed by atoms with Crippen molar-refractivity contribution in [3.8, 4) is 6.07 Å². The number of hydrogen-bond donors (Lipinski definition) is 5. The van der Waals surface area contributed by atoms with E-state index in [0.717, 1.165) is 38.9 Å². The zero-order valence-corrected chi connectivity index (χ0v) is 19.5. The van der Waals surface area contributed by atoms with Crippen LogP contribution in [0.25, 0.3) is 0 Å². The number of rotatable bonds is 4. The zero-order chi connectivity index (χ0) is 23.8. The predicted octanol–water partition coefficient (Wildman–Crippen LogP) is -2.48. The van der Waals surface area contributed by atoms with Crippen LogP contribution in [0.2, 0.25) is 0 Å². The third-order valence-electron chi connectivity index (χ3n) is 8.12. The van der Waals surface area contributed by atoms with E-state index in [1.54, 1.807) is 5.01 Å². The highest BCUT2D eigenvalue weighted by atomic mass is 19.1. The molecule has 0 aromatic rings. The van der Waals surface area contributed by atoms with Crippen LogP contribution in [0.5, 0.6) is 0 Å². The molecular formula is C22H36FN9O2. The van der Waals surface area contributed by atoms with Crippen LogP contribution in [0.1, 0.15) is 19.3 Å². The maximum atomic E-state index is 13.7. The molecule has 0 aromatic heterocycles. The Balaban J connectivity index is 1.16. The summed E-state index contributed by atoms with van der Waals surface area (Å²) in [6, 6.07) is 2.36. The van der Waals surface area contributed by atoms with Crippen molar-refractivity contribution in [2.24, 2.45) is 23.5 Å². The lowest BCUT2D eigenvalue weighted by molar-refractivity contribution is -0.142. The smallest absolute Gasteiger partial charge is 0.229 e. The number of likely N-dealkylation sites (tertiary alicyclic amines) is 2. The summed E-state index contributed by atoms with van der Waals surface area (Å²) >= 11 is 0. The lowest BCUT2D eigenvalue weighted by atomic mass is 9.89.